The van der Waals surface area contributed by atoms with Crippen LogP contribution in [-0.4, -0.2) is 13.7 Å². The Bertz CT molecular complexity index is 312. The summed E-state index contributed by atoms with van der Waals surface area (Å²) in [4.78, 5) is 0. The average molecular weight is 258 g/mol. The summed E-state index contributed by atoms with van der Waals surface area (Å²) < 4.78 is 6.26. The SMILES string of the molecule is COc1ccc(CCCN)c(C)c1Br. The third-order valence-corrected chi connectivity index (χ3v) is 3.32. The first-order chi connectivity index (χ1) is 6.70. The molecule has 1 aromatic carbocycles. The maximum atomic E-state index is 5.48. The van der Waals surface area contributed by atoms with Crippen LogP contribution in [-0.2, 0) is 6.42 Å². The zero-order valence-electron chi connectivity index (χ0n) is 8.64. The fraction of sp³-hybridized carbons (Fsp3) is 0.455. The number of ether oxygens (including phenoxy) is 1. The lowest BCUT2D eigenvalue weighted by Gasteiger charge is -2.10. The molecule has 2 nitrogen and oxygen atoms in total. The number of hydrogen-bond donors (Lipinski definition) is 1. The molecule has 0 saturated heterocycles. The van der Waals surface area contributed by atoms with Crippen molar-refractivity contribution in [1.29, 1.82) is 0 Å². The maximum Gasteiger partial charge on any atom is 0.133 e. The van der Waals surface area contributed by atoms with Crippen molar-refractivity contribution in [3.05, 3.63) is 27.7 Å². The third kappa shape index (κ3) is 2.49. The molecule has 0 unspecified atom stereocenters. The number of methoxy groups -OCH3 is 1. The van der Waals surface area contributed by atoms with Gasteiger partial charge in [-0.1, -0.05) is 6.07 Å². The first-order valence-electron chi connectivity index (χ1n) is 4.72. The van der Waals surface area contributed by atoms with Crippen molar-refractivity contribution in [1.82, 2.24) is 0 Å². The lowest BCUT2D eigenvalue weighted by atomic mass is 10.0. The Balaban J connectivity index is 2.92. The van der Waals surface area contributed by atoms with Gasteiger partial charge in [0.1, 0.15) is 5.75 Å². The Hall–Kier alpha value is -0.540. The standard InChI is InChI=1S/C11H16BrNO/c1-8-9(4-3-7-13)5-6-10(14-2)11(8)12/h5-6H,3-4,7,13H2,1-2H3. The van der Waals surface area contributed by atoms with Gasteiger partial charge < -0.3 is 10.5 Å². The molecule has 0 aliphatic rings. The van der Waals surface area contributed by atoms with Crippen LogP contribution in [0.4, 0.5) is 0 Å². The van der Waals surface area contributed by atoms with Crippen LogP contribution in [0.15, 0.2) is 16.6 Å². The highest BCUT2D eigenvalue weighted by atomic mass is 79.9. The summed E-state index contributed by atoms with van der Waals surface area (Å²) in [6, 6.07) is 4.09. The van der Waals surface area contributed by atoms with E-state index in [1.165, 1.54) is 11.1 Å². The second-order valence-electron chi connectivity index (χ2n) is 3.26. The second kappa shape index (κ2) is 5.37. The fourth-order valence-corrected chi connectivity index (χ4v) is 1.97. The third-order valence-electron chi connectivity index (χ3n) is 2.33. The van der Waals surface area contributed by atoms with Crippen LogP contribution in [0.2, 0.25) is 0 Å². The number of halogens is 1. The molecule has 1 aromatic rings. The Morgan fingerprint density at radius 2 is 2.14 bits per heavy atom. The minimum atomic E-state index is 0.739. The Morgan fingerprint density at radius 1 is 1.43 bits per heavy atom. The monoisotopic (exact) mass is 257 g/mol. The molecule has 0 aromatic heterocycles. The summed E-state index contributed by atoms with van der Waals surface area (Å²) in [6.45, 7) is 2.83. The molecule has 2 N–H and O–H groups in total. The smallest absolute Gasteiger partial charge is 0.133 e. The van der Waals surface area contributed by atoms with E-state index in [9.17, 15) is 0 Å². The molecular weight excluding hydrogens is 242 g/mol. The van der Waals surface area contributed by atoms with E-state index >= 15 is 0 Å². The predicted octanol–water partition coefficient (Wildman–Crippen LogP) is 2.66. The van der Waals surface area contributed by atoms with E-state index in [-0.39, 0.29) is 0 Å². The van der Waals surface area contributed by atoms with Gasteiger partial charge in [0.25, 0.3) is 0 Å². The van der Waals surface area contributed by atoms with Crippen LogP contribution in [0, 0.1) is 6.92 Å². The van der Waals surface area contributed by atoms with E-state index in [0.29, 0.717) is 0 Å². The lowest BCUT2D eigenvalue weighted by molar-refractivity contribution is 0.411. The van der Waals surface area contributed by atoms with Crippen molar-refractivity contribution >= 4 is 15.9 Å². The second-order valence-corrected chi connectivity index (χ2v) is 4.05. The van der Waals surface area contributed by atoms with Crippen LogP contribution in [0.25, 0.3) is 0 Å². The van der Waals surface area contributed by atoms with E-state index in [2.05, 4.69) is 28.9 Å². The highest BCUT2D eigenvalue weighted by Gasteiger charge is 2.07. The molecule has 0 aliphatic carbocycles. The molecule has 0 radical (unpaired) electrons. The van der Waals surface area contributed by atoms with Gasteiger partial charge in [-0.3, -0.25) is 0 Å². The number of hydrogen-bond acceptors (Lipinski definition) is 2. The first kappa shape index (κ1) is 11.5. The molecule has 78 valence electrons. The zero-order chi connectivity index (χ0) is 10.6. The van der Waals surface area contributed by atoms with Gasteiger partial charge in [-0.2, -0.15) is 0 Å². The summed E-state index contributed by atoms with van der Waals surface area (Å²) in [5.41, 5.74) is 8.07. The first-order valence-corrected chi connectivity index (χ1v) is 5.52. The maximum absolute atomic E-state index is 5.48. The molecule has 14 heavy (non-hydrogen) atoms. The topological polar surface area (TPSA) is 35.2 Å². The minimum absolute atomic E-state index is 0.739. The Morgan fingerprint density at radius 3 is 2.71 bits per heavy atom. The average Bonchev–Trinajstić information content (AvgIpc) is 2.20. The molecule has 3 heteroatoms. The van der Waals surface area contributed by atoms with E-state index < -0.39 is 0 Å². The molecule has 0 atom stereocenters. The van der Waals surface area contributed by atoms with E-state index in [0.717, 1.165) is 29.6 Å². The van der Waals surface area contributed by atoms with Crippen molar-refractivity contribution in [3.8, 4) is 5.75 Å². The van der Waals surface area contributed by atoms with Crippen LogP contribution >= 0.6 is 15.9 Å². The Labute approximate surface area is 93.6 Å². The van der Waals surface area contributed by atoms with Gasteiger partial charge >= 0.3 is 0 Å². The Kier molecular flexibility index (Phi) is 4.42. The normalized spacial score (nSPS) is 10.3. The molecular formula is C11H16BrNO. The van der Waals surface area contributed by atoms with Gasteiger partial charge in [0.05, 0.1) is 11.6 Å². The van der Waals surface area contributed by atoms with Crippen molar-refractivity contribution in [2.45, 2.75) is 19.8 Å². The summed E-state index contributed by atoms with van der Waals surface area (Å²) in [5.74, 6) is 0.888. The van der Waals surface area contributed by atoms with Crippen molar-refractivity contribution in [3.63, 3.8) is 0 Å². The van der Waals surface area contributed by atoms with Crippen LogP contribution in [0.3, 0.4) is 0 Å². The molecule has 0 saturated carbocycles. The quantitative estimate of drug-likeness (QED) is 0.901. The fourth-order valence-electron chi connectivity index (χ4n) is 1.42. The highest BCUT2D eigenvalue weighted by Crippen LogP contribution is 2.30. The molecule has 0 fully saturated rings. The molecule has 1 rings (SSSR count). The number of rotatable bonds is 4. The molecule has 0 aliphatic heterocycles. The summed E-state index contributed by atoms with van der Waals surface area (Å²) in [6.07, 6.45) is 2.06. The molecule has 0 heterocycles. The van der Waals surface area contributed by atoms with Crippen LogP contribution in [0.1, 0.15) is 17.5 Å². The van der Waals surface area contributed by atoms with E-state index in [1.54, 1.807) is 7.11 Å². The van der Waals surface area contributed by atoms with Crippen molar-refractivity contribution < 1.29 is 4.74 Å². The molecule has 0 bridgehead atoms. The largest absolute Gasteiger partial charge is 0.496 e. The number of nitrogens with two attached hydrogens (primary N) is 1. The summed E-state index contributed by atoms with van der Waals surface area (Å²) in [5, 5.41) is 0. The number of benzene rings is 1. The highest BCUT2D eigenvalue weighted by molar-refractivity contribution is 9.10. The van der Waals surface area contributed by atoms with Gasteiger partial charge in [-0.05, 0) is 59.4 Å². The van der Waals surface area contributed by atoms with Gasteiger partial charge in [-0.15, -0.1) is 0 Å². The van der Waals surface area contributed by atoms with Gasteiger partial charge in [0, 0.05) is 0 Å². The summed E-state index contributed by atoms with van der Waals surface area (Å²) >= 11 is 3.53. The van der Waals surface area contributed by atoms with Crippen molar-refractivity contribution in [2.24, 2.45) is 5.73 Å². The molecule has 0 spiro atoms. The van der Waals surface area contributed by atoms with Gasteiger partial charge in [0.2, 0.25) is 0 Å². The lowest BCUT2D eigenvalue weighted by Crippen LogP contribution is -2.02. The van der Waals surface area contributed by atoms with Crippen molar-refractivity contribution in [2.75, 3.05) is 13.7 Å². The summed E-state index contributed by atoms with van der Waals surface area (Å²) in [7, 11) is 1.68. The molecule has 0 amide bonds. The predicted molar refractivity (Wildman–Crippen MR) is 62.8 cm³/mol. The van der Waals surface area contributed by atoms with Crippen LogP contribution in [0.5, 0.6) is 5.75 Å². The van der Waals surface area contributed by atoms with E-state index in [4.69, 9.17) is 10.5 Å². The van der Waals surface area contributed by atoms with Gasteiger partial charge in [0.15, 0.2) is 0 Å². The van der Waals surface area contributed by atoms with Gasteiger partial charge in [-0.25, -0.2) is 0 Å². The zero-order valence-corrected chi connectivity index (χ0v) is 10.2. The van der Waals surface area contributed by atoms with E-state index in [1.807, 2.05) is 6.07 Å². The minimum Gasteiger partial charge on any atom is -0.496 e. The number of aryl methyl sites for hydroxylation is 1. The van der Waals surface area contributed by atoms with Crippen LogP contribution < -0.4 is 10.5 Å².